The monoisotopic (exact) mass is 300 g/mol. The van der Waals surface area contributed by atoms with Crippen molar-refractivity contribution < 1.29 is 0 Å². The fourth-order valence-corrected chi connectivity index (χ4v) is 2.63. The van der Waals surface area contributed by atoms with Crippen LogP contribution in [0.25, 0.3) is 11.3 Å². The summed E-state index contributed by atoms with van der Waals surface area (Å²) in [6.07, 6.45) is 1.44. The molecule has 2 rings (SSSR count). The number of halogens is 3. The second-order valence-corrected chi connectivity index (χ2v) is 5.41. The Morgan fingerprint density at radius 3 is 2.39 bits per heavy atom. The minimum atomic E-state index is 0.209. The van der Waals surface area contributed by atoms with Crippen LogP contribution < -0.4 is 0 Å². The van der Waals surface area contributed by atoms with E-state index in [1.54, 1.807) is 12.1 Å². The van der Waals surface area contributed by atoms with Crippen molar-refractivity contribution in [3.8, 4) is 11.3 Å². The SMILES string of the molecule is CC(C)c1c(Cl)ncnc1-c1ccc(Cl)cc1Cl. The van der Waals surface area contributed by atoms with Crippen LogP contribution in [0.1, 0.15) is 25.3 Å². The molecule has 0 saturated heterocycles. The van der Waals surface area contributed by atoms with Gasteiger partial charge in [0.2, 0.25) is 0 Å². The summed E-state index contributed by atoms with van der Waals surface area (Å²) in [5.74, 6) is 0.209. The summed E-state index contributed by atoms with van der Waals surface area (Å²) in [4.78, 5) is 8.32. The first-order valence-corrected chi connectivity index (χ1v) is 6.60. The Morgan fingerprint density at radius 1 is 1.06 bits per heavy atom. The summed E-state index contributed by atoms with van der Waals surface area (Å²) >= 11 is 18.2. The molecular weight excluding hydrogens is 291 g/mol. The highest BCUT2D eigenvalue weighted by molar-refractivity contribution is 6.36. The topological polar surface area (TPSA) is 25.8 Å². The van der Waals surface area contributed by atoms with Gasteiger partial charge in [0, 0.05) is 16.1 Å². The van der Waals surface area contributed by atoms with E-state index in [9.17, 15) is 0 Å². The van der Waals surface area contributed by atoms with Gasteiger partial charge < -0.3 is 0 Å². The van der Waals surface area contributed by atoms with Crippen LogP contribution in [0.3, 0.4) is 0 Å². The first-order chi connectivity index (χ1) is 8.50. The van der Waals surface area contributed by atoms with Crippen LogP contribution in [0.15, 0.2) is 24.5 Å². The van der Waals surface area contributed by atoms with E-state index in [2.05, 4.69) is 9.97 Å². The summed E-state index contributed by atoms with van der Waals surface area (Å²) < 4.78 is 0. The van der Waals surface area contributed by atoms with Crippen molar-refractivity contribution in [2.45, 2.75) is 19.8 Å². The summed E-state index contributed by atoms with van der Waals surface area (Å²) in [6.45, 7) is 4.08. The van der Waals surface area contributed by atoms with Gasteiger partial charge in [-0.25, -0.2) is 9.97 Å². The van der Waals surface area contributed by atoms with E-state index in [1.807, 2.05) is 19.9 Å². The van der Waals surface area contributed by atoms with Gasteiger partial charge in [0.1, 0.15) is 11.5 Å². The van der Waals surface area contributed by atoms with Crippen molar-refractivity contribution in [2.24, 2.45) is 0 Å². The van der Waals surface area contributed by atoms with Crippen molar-refractivity contribution in [1.29, 1.82) is 0 Å². The zero-order chi connectivity index (χ0) is 13.3. The molecule has 5 heteroatoms. The first-order valence-electron chi connectivity index (χ1n) is 5.46. The fraction of sp³-hybridized carbons (Fsp3) is 0.231. The zero-order valence-electron chi connectivity index (χ0n) is 9.92. The molecule has 2 aromatic rings. The van der Waals surface area contributed by atoms with Crippen LogP contribution in [0.2, 0.25) is 15.2 Å². The van der Waals surface area contributed by atoms with Gasteiger partial charge in [0.05, 0.1) is 10.7 Å². The largest absolute Gasteiger partial charge is 0.236 e. The van der Waals surface area contributed by atoms with Gasteiger partial charge in [0.25, 0.3) is 0 Å². The van der Waals surface area contributed by atoms with Gasteiger partial charge in [-0.2, -0.15) is 0 Å². The minimum Gasteiger partial charge on any atom is -0.236 e. The standard InChI is InChI=1S/C13H11Cl3N2/c1-7(2)11-12(17-6-18-13(11)16)9-4-3-8(14)5-10(9)15/h3-7H,1-2H3. The minimum absolute atomic E-state index is 0.209. The first kappa shape index (κ1) is 13.6. The number of hydrogen-bond donors (Lipinski definition) is 0. The summed E-state index contributed by atoms with van der Waals surface area (Å²) in [5, 5.41) is 1.61. The molecule has 0 saturated carbocycles. The normalized spacial score (nSPS) is 11.0. The third kappa shape index (κ3) is 2.61. The number of benzene rings is 1. The highest BCUT2D eigenvalue weighted by Gasteiger charge is 2.17. The van der Waals surface area contributed by atoms with E-state index in [0.29, 0.717) is 15.2 Å². The molecular formula is C13H11Cl3N2. The number of rotatable bonds is 2. The summed E-state index contributed by atoms with van der Waals surface area (Å²) in [6, 6.07) is 5.32. The van der Waals surface area contributed by atoms with Crippen LogP contribution >= 0.6 is 34.8 Å². The lowest BCUT2D eigenvalue weighted by molar-refractivity contribution is 0.850. The summed E-state index contributed by atoms with van der Waals surface area (Å²) in [5.41, 5.74) is 2.46. The third-order valence-electron chi connectivity index (χ3n) is 2.60. The van der Waals surface area contributed by atoms with Crippen LogP contribution in [-0.4, -0.2) is 9.97 Å². The lowest BCUT2D eigenvalue weighted by Crippen LogP contribution is -1.99. The summed E-state index contributed by atoms with van der Waals surface area (Å²) in [7, 11) is 0. The quantitative estimate of drug-likeness (QED) is 0.710. The van der Waals surface area contributed by atoms with E-state index < -0.39 is 0 Å². The van der Waals surface area contributed by atoms with Crippen LogP contribution in [0.4, 0.5) is 0 Å². The van der Waals surface area contributed by atoms with Crippen LogP contribution in [0, 0.1) is 0 Å². The molecule has 0 aliphatic carbocycles. The number of aromatic nitrogens is 2. The Bertz CT molecular complexity index is 582. The van der Waals surface area contributed by atoms with Crippen LogP contribution in [-0.2, 0) is 0 Å². The molecule has 0 atom stereocenters. The Hall–Kier alpha value is -0.830. The molecule has 0 spiro atoms. The second kappa shape index (κ2) is 5.43. The molecule has 0 aliphatic rings. The van der Waals surface area contributed by atoms with E-state index in [4.69, 9.17) is 34.8 Å². The third-order valence-corrected chi connectivity index (χ3v) is 3.45. The predicted octanol–water partition coefficient (Wildman–Crippen LogP) is 5.23. The van der Waals surface area contributed by atoms with E-state index in [0.717, 1.165) is 16.8 Å². The van der Waals surface area contributed by atoms with Gasteiger partial charge in [-0.05, 0) is 24.1 Å². The van der Waals surface area contributed by atoms with Crippen molar-refractivity contribution in [3.05, 3.63) is 45.3 Å². The van der Waals surface area contributed by atoms with Crippen molar-refractivity contribution in [1.82, 2.24) is 9.97 Å². The molecule has 18 heavy (non-hydrogen) atoms. The van der Waals surface area contributed by atoms with Gasteiger partial charge in [-0.1, -0.05) is 48.7 Å². The highest BCUT2D eigenvalue weighted by Crippen LogP contribution is 2.36. The molecule has 1 aromatic heterocycles. The van der Waals surface area contributed by atoms with E-state index in [1.165, 1.54) is 6.33 Å². The zero-order valence-corrected chi connectivity index (χ0v) is 12.2. The maximum absolute atomic E-state index is 6.21. The van der Waals surface area contributed by atoms with Crippen molar-refractivity contribution >= 4 is 34.8 Å². The number of hydrogen-bond acceptors (Lipinski definition) is 2. The average Bonchev–Trinajstić information content (AvgIpc) is 2.28. The molecule has 0 radical (unpaired) electrons. The lowest BCUT2D eigenvalue weighted by atomic mass is 9.99. The number of nitrogens with zero attached hydrogens (tertiary/aromatic N) is 2. The van der Waals surface area contributed by atoms with Gasteiger partial charge in [-0.3, -0.25) is 0 Å². The molecule has 1 heterocycles. The van der Waals surface area contributed by atoms with Crippen molar-refractivity contribution in [3.63, 3.8) is 0 Å². The van der Waals surface area contributed by atoms with Crippen molar-refractivity contribution in [2.75, 3.05) is 0 Å². The predicted molar refractivity (Wildman–Crippen MR) is 76.6 cm³/mol. The Labute approximate surface area is 121 Å². The Kier molecular flexibility index (Phi) is 4.10. The maximum atomic E-state index is 6.21. The Balaban J connectivity index is 2.67. The molecule has 0 unspecified atom stereocenters. The lowest BCUT2D eigenvalue weighted by Gasteiger charge is -2.13. The van der Waals surface area contributed by atoms with E-state index >= 15 is 0 Å². The molecule has 1 aromatic carbocycles. The van der Waals surface area contributed by atoms with Gasteiger partial charge in [-0.15, -0.1) is 0 Å². The van der Waals surface area contributed by atoms with Crippen LogP contribution in [0.5, 0.6) is 0 Å². The molecule has 0 aliphatic heterocycles. The molecule has 0 N–H and O–H groups in total. The molecule has 2 nitrogen and oxygen atoms in total. The fourth-order valence-electron chi connectivity index (χ4n) is 1.78. The van der Waals surface area contributed by atoms with E-state index in [-0.39, 0.29) is 5.92 Å². The van der Waals surface area contributed by atoms with Gasteiger partial charge >= 0.3 is 0 Å². The second-order valence-electron chi connectivity index (χ2n) is 4.21. The molecule has 0 fully saturated rings. The highest BCUT2D eigenvalue weighted by atomic mass is 35.5. The molecule has 94 valence electrons. The molecule has 0 bridgehead atoms. The molecule has 0 amide bonds. The average molecular weight is 302 g/mol. The smallest absolute Gasteiger partial charge is 0.136 e. The van der Waals surface area contributed by atoms with Gasteiger partial charge in [0.15, 0.2) is 0 Å². The maximum Gasteiger partial charge on any atom is 0.136 e. The Morgan fingerprint density at radius 2 is 1.78 bits per heavy atom.